The first-order valence-electron chi connectivity index (χ1n) is 7.04. The molecule has 0 radical (unpaired) electrons. The van der Waals surface area contributed by atoms with Gasteiger partial charge >= 0.3 is 5.97 Å². The first-order chi connectivity index (χ1) is 10.9. The highest BCUT2D eigenvalue weighted by Gasteiger charge is 2.23. The van der Waals surface area contributed by atoms with Crippen molar-refractivity contribution in [1.29, 1.82) is 0 Å². The molecule has 6 heteroatoms. The van der Waals surface area contributed by atoms with E-state index in [9.17, 15) is 9.59 Å². The lowest BCUT2D eigenvalue weighted by Crippen LogP contribution is -2.21. The number of carbonyl (C=O) groups excluding carboxylic acids is 1. The molecule has 0 unspecified atom stereocenters. The summed E-state index contributed by atoms with van der Waals surface area (Å²) in [6.45, 7) is 3.98. The van der Waals surface area contributed by atoms with Crippen molar-refractivity contribution in [3.8, 4) is 11.1 Å². The van der Waals surface area contributed by atoms with Crippen molar-refractivity contribution in [2.24, 2.45) is 0 Å². The second-order valence-corrected chi connectivity index (χ2v) is 6.57. The summed E-state index contributed by atoms with van der Waals surface area (Å²) >= 11 is 1.45. The molecule has 0 fully saturated rings. The van der Waals surface area contributed by atoms with Gasteiger partial charge in [0.25, 0.3) is 5.56 Å². The average Bonchev–Trinajstić information content (AvgIpc) is 2.83. The fourth-order valence-corrected chi connectivity index (χ4v) is 3.84. The number of nitrogens with one attached hydrogen (secondary N) is 1. The maximum Gasteiger partial charge on any atom is 0.345 e. The number of ether oxygens (including phenoxy) is 1. The van der Waals surface area contributed by atoms with Crippen LogP contribution in [-0.4, -0.2) is 18.1 Å². The molecule has 0 bridgehead atoms. The molecule has 1 aromatic carbocycles. The fourth-order valence-electron chi connectivity index (χ4n) is 2.76. The van der Waals surface area contributed by atoms with E-state index in [-0.39, 0.29) is 11.3 Å². The molecule has 0 atom stereocenters. The molecular formula is C17H16N2O3S. The highest BCUT2D eigenvalue weighted by atomic mass is 32.1. The Hall–Kier alpha value is -2.60. The Morgan fingerprint density at radius 3 is 2.70 bits per heavy atom. The van der Waals surface area contributed by atoms with Crippen molar-refractivity contribution in [2.45, 2.75) is 13.8 Å². The van der Waals surface area contributed by atoms with Gasteiger partial charge in [-0.1, -0.05) is 29.8 Å². The monoisotopic (exact) mass is 328 g/mol. The van der Waals surface area contributed by atoms with E-state index in [4.69, 9.17) is 5.73 Å². The van der Waals surface area contributed by atoms with Crippen LogP contribution in [0, 0.1) is 13.8 Å². The quantitative estimate of drug-likeness (QED) is 0.707. The summed E-state index contributed by atoms with van der Waals surface area (Å²) in [5.74, 6) is -0.732. The van der Waals surface area contributed by atoms with Crippen LogP contribution in [0.3, 0.4) is 0 Å². The minimum absolute atomic E-state index is 0.147. The zero-order chi connectivity index (χ0) is 16.7. The Labute approximate surface area is 136 Å². The lowest BCUT2D eigenvalue weighted by molar-refractivity contribution is 0.0600. The molecule has 5 nitrogen and oxygen atoms in total. The number of benzene rings is 1. The minimum atomic E-state index is -0.732. The highest BCUT2D eigenvalue weighted by molar-refractivity contribution is 7.19. The van der Waals surface area contributed by atoms with Gasteiger partial charge in [0.05, 0.1) is 12.8 Å². The number of carbonyl (C=O) groups is 1. The van der Waals surface area contributed by atoms with Crippen LogP contribution < -0.4 is 11.3 Å². The summed E-state index contributed by atoms with van der Waals surface area (Å²) in [6, 6.07) is 8.02. The molecule has 0 saturated heterocycles. The van der Waals surface area contributed by atoms with Crippen LogP contribution in [0.1, 0.15) is 20.8 Å². The molecule has 0 aliphatic carbocycles. The zero-order valence-corrected chi connectivity index (χ0v) is 13.8. The van der Waals surface area contributed by atoms with Crippen LogP contribution in [0.25, 0.3) is 21.3 Å². The number of hydrogen-bond acceptors (Lipinski definition) is 5. The first-order valence-corrected chi connectivity index (χ1v) is 7.86. The average molecular weight is 328 g/mol. The summed E-state index contributed by atoms with van der Waals surface area (Å²) < 4.78 is 4.68. The lowest BCUT2D eigenvalue weighted by Gasteiger charge is -2.08. The predicted molar refractivity (Wildman–Crippen MR) is 93.1 cm³/mol. The van der Waals surface area contributed by atoms with Crippen molar-refractivity contribution in [2.75, 3.05) is 12.8 Å². The van der Waals surface area contributed by atoms with Crippen molar-refractivity contribution in [3.63, 3.8) is 0 Å². The van der Waals surface area contributed by atoms with E-state index in [2.05, 4.69) is 15.8 Å². The van der Waals surface area contributed by atoms with Gasteiger partial charge < -0.3 is 15.5 Å². The van der Waals surface area contributed by atoms with E-state index in [1.165, 1.54) is 18.4 Å². The smallest absolute Gasteiger partial charge is 0.345 e. The van der Waals surface area contributed by atoms with E-state index in [0.717, 1.165) is 21.6 Å². The van der Waals surface area contributed by atoms with Gasteiger partial charge in [-0.25, -0.2) is 4.79 Å². The number of aromatic nitrogens is 1. The lowest BCUT2D eigenvalue weighted by atomic mass is 9.99. The molecular weight excluding hydrogens is 312 g/mol. The van der Waals surface area contributed by atoms with Gasteiger partial charge in [0, 0.05) is 15.8 Å². The number of esters is 1. The second-order valence-electron chi connectivity index (χ2n) is 5.34. The molecule has 3 aromatic rings. The molecule has 118 valence electrons. The first kappa shape index (κ1) is 15.3. The number of aromatic amines is 1. The van der Waals surface area contributed by atoms with Crippen LogP contribution in [0.2, 0.25) is 0 Å². The normalized spacial score (nSPS) is 10.9. The number of aryl methyl sites for hydroxylation is 2. The van der Waals surface area contributed by atoms with Crippen LogP contribution in [-0.2, 0) is 4.74 Å². The zero-order valence-electron chi connectivity index (χ0n) is 13.0. The maximum absolute atomic E-state index is 12.1. The van der Waals surface area contributed by atoms with Gasteiger partial charge in [-0.15, -0.1) is 11.3 Å². The standard InChI is InChI=1S/C17H16N2O3S/c1-8-5-4-6-10(7-8)11-9(2)23-16-12(11)14(18)13(15(20)19-16)17(21)22-3/h4-7H,1-3H3,(H3,18,19,20). The van der Waals surface area contributed by atoms with Crippen molar-refractivity contribution < 1.29 is 9.53 Å². The Morgan fingerprint density at radius 2 is 2.04 bits per heavy atom. The second kappa shape index (κ2) is 5.55. The Balaban J connectivity index is 2.42. The maximum atomic E-state index is 12.1. The van der Waals surface area contributed by atoms with Gasteiger partial charge in [0.15, 0.2) is 0 Å². The summed E-state index contributed by atoms with van der Waals surface area (Å²) in [5, 5.41) is 0.693. The summed E-state index contributed by atoms with van der Waals surface area (Å²) in [6.07, 6.45) is 0. The van der Waals surface area contributed by atoms with E-state index < -0.39 is 11.5 Å². The number of thiophene rings is 1. The Kier molecular flexibility index (Phi) is 3.69. The number of rotatable bonds is 2. The third-order valence-corrected chi connectivity index (χ3v) is 4.79. The van der Waals surface area contributed by atoms with E-state index in [1.807, 2.05) is 32.0 Å². The van der Waals surface area contributed by atoms with Crippen molar-refractivity contribution >= 4 is 33.2 Å². The van der Waals surface area contributed by atoms with Crippen molar-refractivity contribution in [1.82, 2.24) is 4.98 Å². The van der Waals surface area contributed by atoms with Crippen molar-refractivity contribution in [3.05, 3.63) is 50.6 Å². The molecule has 0 aliphatic heterocycles. The van der Waals surface area contributed by atoms with Crippen LogP contribution in [0.5, 0.6) is 0 Å². The molecule has 0 amide bonds. The molecule has 0 spiro atoms. The van der Waals surface area contributed by atoms with Gasteiger partial charge in [-0.05, 0) is 19.4 Å². The van der Waals surface area contributed by atoms with Gasteiger partial charge in [0.2, 0.25) is 0 Å². The number of hydrogen-bond donors (Lipinski definition) is 2. The molecule has 2 aromatic heterocycles. The molecule has 2 heterocycles. The van der Waals surface area contributed by atoms with E-state index in [0.29, 0.717) is 10.2 Å². The number of H-pyrrole nitrogens is 1. The molecule has 3 rings (SSSR count). The third-order valence-electron chi connectivity index (χ3n) is 3.77. The van der Waals surface area contributed by atoms with Crippen LogP contribution in [0.4, 0.5) is 5.69 Å². The number of anilines is 1. The number of fused-ring (bicyclic) bond motifs is 1. The largest absolute Gasteiger partial charge is 0.465 e. The van der Waals surface area contributed by atoms with Gasteiger partial charge in [0.1, 0.15) is 10.4 Å². The van der Waals surface area contributed by atoms with Crippen LogP contribution in [0.15, 0.2) is 29.1 Å². The molecule has 0 aliphatic rings. The Bertz CT molecular complexity index is 985. The third kappa shape index (κ3) is 2.41. The topological polar surface area (TPSA) is 85.2 Å². The predicted octanol–water partition coefficient (Wildman–Crippen LogP) is 3.24. The van der Waals surface area contributed by atoms with Gasteiger partial charge in [-0.2, -0.15) is 0 Å². The van der Waals surface area contributed by atoms with E-state index in [1.54, 1.807) is 0 Å². The summed E-state index contributed by atoms with van der Waals surface area (Å²) in [7, 11) is 1.23. The molecule has 3 N–H and O–H groups in total. The Morgan fingerprint density at radius 1 is 1.30 bits per heavy atom. The highest BCUT2D eigenvalue weighted by Crippen LogP contribution is 2.40. The SMILES string of the molecule is COC(=O)c1c(N)c2c(-c3cccc(C)c3)c(C)sc2[nH]c1=O. The minimum Gasteiger partial charge on any atom is -0.465 e. The fraction of sp³-hybridized carbons (Fsp3) is 0.176. The van der Waals surface area contributed by atoms with Crippen LogP contribution >= 0.6 is 11.3 Å². The number of methoxy groups -OCH3 is 1. The number of nitrogens with two attached hydrogens (primary N) is 1. The number of pyridine rings is 1. The number of nitrogen functional groups attached to an aromatic ring is 1. The molecule has 23 heavy (non-hydrogen) atoms. The summed E-state index contributed by atoms with van der Waals surface area (Å²) in [5.41, 5.74) is 8.72. The van der Waals surface area contributed by atoms with Gasteiger partial charge in [-0.3, -0.25) is 4.79 Å². The van der Waals surface area contributed by atoms with E-state index >= 15 is 0 Å². The molecule has 0 saturated carbocycles. The summed E-state index contributed by atoms with van der Waals surface area (Å²) in [4.78, 5) is 28.5.